The molecule has 0 amide bonds. The van der Waals surface area contributed by atoms with E-state index in [9.17, 15) is 4.39 Å². The first kappa shape index (κ1) is 15.7. The first-order valence-corrected chi connectivity index (χ1v) is 8.47. The maximum Gasteiger partial charge on any atom is 0.191 e. The van der Waals surface area contributed by atoms with Crippen molar-refractivity contribution in [3.05, 3.63) is 60.2 Å². The van der Waals surface area contributed by atoms with E-state index in [0.29, 0.717) is 0 Å². The molecule has 0 saturated heterocycles. The summed E-state index contributed by atoms with van der Waals surface area (Å²) in [6.45, 7) is 2.99. The average Bonchev–Trinajstić information content (AvgIpc) is 2.98. The summed E-state index contributed by atoms with van der Waals surface area (Å²) in [6, 6.07) is 10.4. The number of rotatable bonds is 6. The quantitative estimate of drug-likeness (QED) is 0.637. The predicted octanol–water partition coefficient (Wildman–Crippen LogP) is 4.18. The summed E-state index contributed by atoms with van der Waals surface area (Å²) in [7, 11) is 0. The molecule has 0 aliphatic carbocycles. The van der Waals surface area contributed by atoms with E-state index in [2.05, 4.69) is 26.7 Å². The third-order valence-electron chi connectivity index (χ3n) is 3.38. The van der Waals surface area contributed by atoms with Crippen molar-refractivity contribution in [1.29, 1.82) is 0 Å². The highest BCUT2D eigenvalue weighted by Crippen LogP contribution is 2.26. The van der Waals surface area contributed by atoms with E-state index in [1.807, 2.05) is 12.1 Å². The zero-order valence-electron chi connectivity index (χ0n) is 12.8. The van der Waals surface area contributed by atoms with Gasteiger partial charge in [0, 0.05) is 30.3 Å². The van der Waals surface area contributed by atoms with Gasteiger partial charge < -0.3 is 4.57 Å². The maximum absolute atomic E-state index is 13.0. The Morgan fingerprint density at radius 3 is 2.48 bits per heavy atom. The van der Waals surface area contributed by atoms with Crippen LogP contribution in [0.5, 0.6) is 0 Å². The summed E-state index contributed by atoms with van der Waals surface area (Å²) >= 11 is 1.61. The van der Waals surface area contributed by atoms with Crippen LogP contribution in [0.4, 0.5) is 4.39 Å². The molecular weight excluding hydrogens is 311 g/mol. The largest absolute Gasteiger partial charge is 0.302 e. The lowest BCUT2D eigenvalue weighted by Crippen LogP contribution is -2.02. The van der Waals surface area contributed by atoms with E-state index in [-0.39, 0.29) is 5.82 Å². The van der Waals surface area contributed by atoms with Crippen LogP contribution in [-0.4, -0.2) is 19.7 Å². The molecule has 0 fully saturated rings. The van der Waals surface area contributed by atoms with Crippen molar-refractivity contribution in [1.82, 2.24) is 19.7 Å². The Morgan fingerprint density at radius 1 is 1.04 bits per heavy atom. The van der Waals surface area contributed by atoms with Crippen LogP contribution in [0.3, 0.4) is 0 Å². The molecule has 4 nitrogen and oxygen atoms in total. The van der Waals surface area contributed by atoms with Gasteiger partial charge >= 0.3 is 0 Å². The second kappa shape index (κ2) is 7.37. The molecule has 2 aromatic heterocycles. The van der Waals surface area contributed by atoms with Crippen LogP contribution in [0.25, 0.3) is 11.4 Å². The SMILES string of the molecule is CCCn1c(SCc2ccc(F)cc2)nnc1-c1ccncc1. The Kier molecular flexibility index (Phi) is 5.02. The summed E-state index contributed by atoms with van der Waals surface area (Å²) in [5.74, 6) is 1.38. The minimum absolute atomic E-state index is 0.215. The Bertz CT molecular complexity index is 756. The van der Waals surface area contributed by atoms with E-state index in [1.165, 1.54) is 12.1 Å². The zero-order chi connectivity index (χ0) is 16.1. The molecule has 0 aliphatic rings. The molecule has 23 heavy (non-hydrogen) atoms. The number of halogens is 1. The van der Waals surface area contributed by atoms with Gasteiger partial charge in [0.1, 0.15) is 5.82 Å². The smallest absolute Gasteiger partial charge is 0.191 e. The minimum Gasteiger partial charge on any atom is -0.302 e. The van der Waals surface area contributed by atoms with Crippen molar-refractivity contribution in [2.75, 3.05) is 0 Å². The lowest BCUT2D eigenvalue weighted by atomic mass is 10.2. The van der Waals surface area contributed by atoms with Crippen molar-refractivity contribution in [3.8, 4) is 11.4 Å². The van der Waals surface area contributed by atoms with Crippen molar-refractivity contribution >= 4 is 11.8 Å². The first-order chi connectivity index (χ1) is 11.3. The Labute approximate surface area is 138 Å². The number of pyridine rings is 1. The summed E-state index contributed by atoms with van der Waals surface area (Å²) in [4.78, 5) is 4.04. The minimum atomic E-state index is -0.215. The van der Waals surface area contributed by atoms with Gasteiger partial charge in [0.05, 0.1) is 0 Å². The molecule has 118 valence electrons. The van der Waals surface area contributed by atoms with Crippen molar-refractivity contribution in [3.63, 3.8) is 0 Å². The number of hydrogen-bond acceptors (Lipinski definition) is 4. The van der Waals surface area contributed by atoms with Gasteiger partial charge in [-0.2, -0.15) is 0 Å². The lowest BCUT2D eigenvalue weighted by molar-refractivity contribution is 0.625. The molecule has 0 atom stereocenters. The molecule has 0 radical (unpaired) electrons. The first-order valence-electron chi connectivity index (χ1n) is 7.48. The highest BCUT2D eigenvalue weighted by Gasteiger charge is 2.13. The van der Waals surface area contributed by atoms with E-state index in [0.717, 1.165) is 40.8 Å². The fourth-order valence-electron chi connectivity index (χ4n) is 2.26. The Balaban J connectivity index is 1.82. The van der Waals surface area contributed by atoms with Gasteiger partial charge in [-0.25, -0.2) is 4.39 Å². The molecule has 3 rings (SSSR count). The number of benzene rings is 1. The maximum atomic E-state index is 13.0. The topological polar surface area (TPSA) is 43.6 Å². The van der Waals surface area contributed by atoms with Crippen molar-refractivity contribution in [2.24, 2.45) is 0 Å². The molecule has 6 heteroatoms. The van der Waals surface area contributed by atoms with Crippen LogP contribution in [0, 0.1) is 5.82 Å². The third kappa shape index (κ3) is 3.76. The van der Waals surface area contributed by atoms with Gasteiger partial charge in [-0.3, -0.25) is 4.98 Å². The predicted molar refractivity (Wildman–Crippen MR) is 89.5 cm³/mol. The van der Waals surface area contributed by atoms with Gasteiger partial charge in [-0.05, 0) is 36.2 Å². The molecule has 1 aromatic carbocycles. The monoisotopic (exact) mass is 328 g/mol. The molecule has 2 heterocycles. The fraction of sp³-hybridized carbons (Fsp3) is 0.235. The van der Waals surface area contributed by atoms with Crippen LogP contribution < -0.4 is 0 Å². The van der Waals surface area contributed by atoms with E-state index < -0.39 is 0 Å². The second-order valence-corrected chi connectivity index (χ2v) is 6.05. The molecule has 0 bridgehead atoms. The summed E-state index contributed by atoms with van der Waals surface area (Å²) in [5, 5.41) is 9.54. The van der Waals surface area contributed by atoms with Crippen molar-refractivity contribution in [2.45, 2.75) is 30.8 Å². The number of nitrogens with zero attached hydrogens (tertiary/aromatic N) is 4. The fourth-order valence-corrected chi connectivity index (χ4v) is 3.18. The van der Waals surface area contributed by atoms with Gasteiger partial charge in [0.25, 0.3) is 0 Å². The van der Waals surface area contributed by atoms with Crippen LogP contribution >= 0.6 is 11.8 Å². The standard InChI is InChI=1S/C17H17FN4S/c1-2-11-22-16(14-7-9-19-10-8-14)20-21-17(22)23-12-13-3-5-15(18)6-4-13/h3-10H,2,11-12H2,1H3. The van der Waals surface area contributed by atoms with Crippen molar-refractivity contribution < 1.29 is 4.39 Å². The Hall–Kier alpha value is -2.21. The summed E-state index contributed by atoms with van der Waals surface area (Å²) in [5.41, 5.74) is 2.07. The highest BCUT2D eigenvalue weighted by molar-refractivity contribution is 7.98. The number of hydrogen-bond donors (Lipinski definition) is 0. The lowest BCUT2D eigenvalue weighted by Gasteiger charge is -2.08. The average molecular weight is 328 g/mol. The third-order valence-corrected chi connectivity index (χ3v) is 4.42. The summed E-state index contributed by atoms with van der Waals surface area (Å²) < 4.78 is 15.1. The molecule has 0 saturated carbocycles. The highest BCUT2D eigenvalue weighted by atomic mass is 32.2. The summed E-state index contributed by atoms with van der Waals surface area (Å²) in [6.07, 6.45) is 4.51. The van der Waals surface area contributed by atoms with E-state index >= 15 is 0 Å². The Morgan fingerprint density at radius 2 is 1.78 bits per heavy atom. The van der Waals surface area contributed by atoms with Gasteiger partial charge in [0.15, 0.2) is 11.0 Å². The molecule has 0 unspecified atom stereocenters. The van der Waals surface area contributed by atoms with Gasteiger partial charge in [-0.1, -0.05) is 30.8 Å². The normalized spacial score (nSPS) is 10.9. The zero-order valence-corrected chi connectivity index (χ0v) is 13.6. The number of aromatic nitrogens is 4. The van der Waals surface area contributed by atoms with Crippen LogP contribution in [0.1, 0.15) is 18.9 Å². The molecule has 0 spiro atoms. The van der Waals surface area contributed by atoms with E-state index in [1.54, 1.807) is 36.3 Å². The van der Waals surface area contributed by atoms with Crippen LogP contribution in [-0.2, 0) is 12.3 Å². The van der Waals surface area contributed by atoms with Crippen LogP contribution in [0.2, 0.25) is 0 Å². The number of thioether (sulfide) groups is 1. The van der Waals surface area contributed by atoms with Crippen LogP contribution in [0.15, 0.2) is 53.9 Å². The molecule has 0 N–H and O–H groups in total. The molecule has 0 aliphatic heterocycles. The van der Waals surface area contributed by atoms with E-state index in [4.69, 9.17) is 0 Å². The molecular formula is C17H17FN4S. The van der Waals surface area contributed by atoms with Gasteiger partial charge in [0.2, 0.25) is 0 Å². The van der Waals surface area contributed by atoms with Gasteiger partial charge in [-0.15, -0.1) is 10.2 Å². The second-order valence-electron chi connectivity index (χ2n) is 5.11. The molecule has 3 aromatic rings.